The van der Waals surface area contributed by atoms with Crippen LogP contribution in [-0.4, -0.2) is 46.6 Å². The second-order valence-electron chi connectivity index (χ2n) is 6.62. The summed E-state index contributed by atoms with van der Waals surface area (Å²) in [5, 5.41) is 3.11. The van der Waals surface area contributed by atoms with Crippen LogP contribution in [0, 0.1) is 18.4 Å². The minimum atomic E-state index is 0.118. The highest BCUT2D eigenvalue weighted by Gasteiger charge is 2.36. The number of aromatic nitrogens is 2. The Hall–Kier alpha value is -2.91. The number of fused-ring (bicyclic) bond motifs is 3. The Morgan fingerprint density at radius 2 is 2.04 bits per heavy atom. The van der Waals surface area contributed by atoms with Crippen LogP contribution < -0.4 is 5.32 Å². The third-order valence-electron chi connectivity index (χ3n) is 5.00. The number of amidine groups is 1. The molecular formula is C20H21N5O. The molecule has 1 aromatic carbocycles. The topological polar surface area (TPSA) is 62.6 Å². The van der Waals surface area contributed by atoms with Crippen LogP contribution in [0.15, 0.2) is 47.7 Å². The first-order chi connectivity index (χ1) is 12.8. The second kappa shape index (κ2) is 7.54. The summed E-state index contributed by atoms with van der Waals surface area (Å²) in [6.07, 6.45) is 9.36. The zero-order chi connectivity index (χ0) is 17.8. The van der Waals surface area contributed by atoms with E-state index in [9.17, 15) is 0 Å². The molecule has 1 N–H and O–H groups in total. The highest BCUT2D eigenvalue weighted by molar-refractivity contribution is 5.89. The maximum absolute atomic E-state index is 6.11. The molecule has 132 valence electrons. The molecule has 6 heteroatoms. The molecule has 2 aromatic rings. The lowest BCUT2D eigenvalue weighted by Gasteiger charge is -2.44. The van der Waals surface area contributed by atoms with Crippen LogP contribution in [0.5, 0.6) is 0 Å². The van der Waals surface area contributed by atoms with Crippen molar-refractivity contribution in [1.29, 1.82) is 0 Å². The van der Waals surface area contributed by atoms with Gasteiger partial charge in [-0.05, 0) is 31.8 Å². The molecule has 3 fully saturated rings. The first-order valence-corrected chi connectivity index (χ1v) is 8.88. The van der Waals surface area contributed by atoms with E-state index in [0.717, 1.165) is 30.9 Å². The molecule has 0 radical (unpaired) electrons. The first-order valence-electron chi connectivity index (χ1n) is 8.88. The van der Waals surface area contributed by atoms with Gasteiger partial charge in [0.25, 0.3) is 0 Å². The summed E-state index contributed by atoms with van der Waals surface area (Å²) in [5.41, 5.74) is 1.85. The molecule has 3 aliphatic rings. The minimum Gasteiger partial charge on any atom is -0.459 e. The van der Waals surface area contributed by atoms with Gasteiger partial charge in [-0.1, -0.05) is 36.8 Å². The molecule has 2 bridgehead atoms. The zero-order valence-corrected chi connectivity index (χ0v) is 14.5. The van der Waals surface area contributed by atoms with Gasteiger partial charge in [-0.15, -0.1) is 4.99 Å². The minimum absolute atomic E-state index is 0.118. The molecule has 3 saturated heterocycles. The van der Waals surface area contributed by atoms with Gasteiger partial charge < -0.3 is 4.74 Å². The lowest BCUT2D eigenvalue weighted by atomic mass is 9.86. The number of terminal acetylenes is 1. The van der Waals surface area contributed by atoms with Crippen molar-refractivity contribution in [2.45, 2.75) is 18.9 Å². The molecule has 26 heavy (non-hydrogen) atoms. The van der Waals surface area contributed by atoms with Crippen LogP contribution in [0.25, 0.3) is 11.3 Å². The van der Waals surface area contributed by atoms with Crippen molar-refractivity contribution in [3.63, 3.8) is 0 Å². The number of rotatable bonds is 3. The molecule has 4 heterocycles. The SMILES string of the molecule is C#CN=C(Nc1cc(-c2ccccc2)ncn1)O[C@H]1CN2CCC1CC2. The van der Waals surface area contributed by atoms with Gasteiger partial charge in [-0.25, -0.2) is 9.97 Å². The van der Waals surface area contributed by atoms with Crippen molar-refractivity contribution in [2.24, 2.45) is 10.9 Å². The Morgan fingerprint density at radius 1 is 1.23 bits per heavy atom. The Balaban J connectivity index is 1.49. The molecule has 5 rings (SSSR count). The van der Waals surface area contributed by atoms with Gasteiger partial charge in [-0.2, -0.15) is 0 Å². The molecule has 1 aromatic heterocycles. The van der Waals surface area contributed by atoms with E-state index in [4.69, 9.17) is 11.2 Å². The van der Waals surface area contributed by atoms with Crippen molar-refractivity contribution >= 4 is 11.8 Å². The quantitative estimate of drug-likeness (QED) is 0.525. The van der Waals surface area contributed by atoms with Crippen molar-refractivity contribution < 1.29 is 4.74 Å². The van der Waals surface area contributed by atoms with Gasteiger partial charge in [0.15, 0.2) is 0 Å². The third-order valence-corrected chi connectivity index (χ3v) is 5.00. The molecule has 1 atom stereocenters. The number of nitrogens with zero attached hydrogens (tertiary/aromatic N) is 4. The summed E-state index contributed by atoms with van der Waals surface area (Å²) in [6.45, 7) is 3.24. The van der Waals surface area contributed by atoms with Crippen LogP contribution in [0.4, 0.5) is 5.82 Å². The molecule has 3 aliphatic heterocycles. The lowest BCUT2D eigenvalue weighted by Crippen LogP contribution is -2.52. The molecule has 0 unspecified atom stereocenters. The standard InChI is InChI=1S/C20H21N5O/c1-2-21-20(26-18-13-25-10-8-16(18)9-11-25)24-19-12-17(22-14-23-19)15-6-4-3-5-7-15/h1,3-7,12,14,16,18H,8-11,13H2,(H,21,22,23,24)/t18-/m0/s1. The predicted molar refractivity (Wildman–Crippen MR) is 101 cm³/mol. The summed E-state index contributed by atoms with van der Waals surface area (Å²) in [4.78, 5) is 15.1. The Morgan fingerprint density at radius 3 is 2.73 bits per heavy atom. The van der Waals surface area contributed by atoms with E-state index in [1.165, 1.54) is 19.2 Å². The fourth-order valence-electron chi connectivity index (χ4n) is 3.63. The maximum atomic E-state index is 6.11. The number of hydrogen-bond acceptors (Lipinski definition) is 5. The number of hydrogen-bond donors (Lipinski definition) is 1. The van der Waals surface area contributed by atoms with Gasteiger partial charge in [-0.3, -0.25) is 10.2 Å². The molecule has 0 spiro atoms. The number of nitrogens with one attached hydrogen (secondary N) is 1. The molecule has 0 amide bonds. The van der Waals surface area contributed by atoms with E-state index in [0.29, 0.717) is 17.8 Å². The molecular weight excluding hydrogens is 326 g/mol. The van der Waals surface area contributed by atoms with E-state index in [1.54, 1.807) is 0 Å². The Kier molecular flexibility index (Phi) is 4.80. The smallest absolute Gasteiger partial charge is 0.304 e. The van der Waals surface area contributed by atoms with Gasteiger partial charge in [0.1, 0.15) is 18.2 Å². The van der Waals surface area contributed by atoms with E-state index in [-0.39, 0.29) is 6.10 Å². The highest BCUT2D eigenvalue weighted by atomic mass is 16.5. The van der Waals surface area contributed by atoms with Crippen LogP contribution in [0.1, 0.15) is 12.8 Å². The maximum Gasteiger partial charge on any atom is 0.304 e. The van der Waals surface area contributed by atoms with Gasteiger partial charge >= 0.3 is 6.02 Å². The van der Waals surface area contributed by atoms with Gasteiger partial charge in [0.05, 0.1) is 5.69 Å². The molecule has 6 nitrogen and oxygen atoms in total. The van der Waals surface area contributed by atoms with Crippen molar-refractivity contribution in [2.75, 3.05) is 25.0 Å². The first kappa shape index (κ1) is 16.6. The average Bonchev–Trinajstić information content (AvgIpc) is 2.70. The third kappa shape index (κ3) is 3.68. The van der Waals surface area contributed by atoms with Crippen molar-refractivity contribution in [3.8, 4) is 23.7 Å². The van der Waals surface area contributed by atoms with E-state index < -0.39 is 0 Å². The van der Waals surface area contributed by atoms with E-state index in [1.807, 2.05) is 36.4 Å². The summed E-state index contributed by atoms with van der Waals surface area (Å²) in [5.74, 6) is 1.17. The molecule has 0 saturated carbocycles. The normalized spacial score (nSPS) is 24.7. The number of ether oxygens (including phenoxy) is 1. The number of benzene rings is 1. The van der Waals surface area contributed by atoms with Gasteiger partial charge in [0, 0.05) is 24.2 Å². The van der Waals surface area contributed by atoms with E-state index in [2.05, 4.69) is 31.2 Å². The Labute approximate surface area is 153 Å². The lowest BCUT2D eigenvalue weighted by molar-refractivity contribution is -0.0145. The summed E-state index contributed by atoms with van der Waals surface area (Å²) in [7, 11) is 0. The van der Waals surface area contributed by atoms with Crippen LogP contribution in [0.3, 0.4) is 0 Å². The number of piperidine rings is 3. The van der Waals surface area contributed by atoms with Crippen LogP contribution >= 0.6 is 0 Å². The molecule has 0 aliphatic carbocycles. The largest absolute Gasteiger partial charge is 0.459 e. The summed E-state index contributed by atoms with van der Waals surface area (Å²) < 4.78 is 6.11. The van der Waals surface area contributed by atoms with E-state index >= 15 is 0 Å². The number of aliphatic imine (C=N–C) groups is 1. The van der Waals surface area contributed by atoms with Crippen LogP contribution in [-0.2, 0) is 4.74 Å². The zero-order valence-electron chi connectivity index (χ0n) is 14.5. The van der Waals surface area contributed by atoms with Crippen molar-refractivity contribution in [3.05, 3.63) is 42.7 Å². The number of anilines is 1. The Bertz CT molecular complexity index is 822. The van der Waals surface area contributed by atoms with Gasteiger partial charge in [0.2, 0.25) is 0 Å². The van der Waals surface area contributed by atoms with Crippen molar-refractivity contribution in [1.82, 2.24) is 14.9 Å². The predicted octanol–water partition coefficient (Wildman–Crippen LogP) is 2.61. The monoisotopic (exact) mass is 347 g/mol. The summed E-state index contributed by atoms with van der Waals surface area (Å²) >= 11 is 0. The fraction of sp³-hybridized carbons (Fsp3) is 0.350. The summed E-state index contributed by atoms with van der Waals surface area (Å²) in [6, 6.07) is 14.4. The second-order valence-corrected chi connectivity index (χ2v) is 6.62. The fourth-order valence-corrected chi connectivity index (χ4v) is 3.63. The highest BCUT2D eigenvalue weighted by Crippen LogP contribution is 2.29. The van der Waals surface area contributed by atoms with Crippen LogP contribution in [0.2, 0.25) is 0 Å². The average molecular weight is 347 g/mol.